The molecule has 6 nitrogen and oxygen atoms in total. The number of ether oxygens (including phenoxy) is 1. The highest BCUT2D eigenvalue weighted by Crippen LogP contribution is 2.23. The van der Waals surface area contributed by atoms with Gasteiger partial charge in [0.05, 0.1) is 6.54 Å². The molecule has 1 aliphatic heterocycles. The average molecular weight is 364 g/mol. The highest BCUT2D eigenvalue weighted by molar-refractivity contribution is 5.94. The van der Waals surface area contributed by atoms with Crippen molar-refractivity contribution in [2.75, 3.05) is 25.0 Å². The zero-order valence-electron chi connectivity index (χ0n) is 15.0. The van der Waals surface area contributed by atoms with E-state index in [-0.39, 0.29) is 12.5 Å². The van der Waals surface area contributed by atoms with Crippen LogP contribution in [-0.4, -0.2) is 30.5 Å². The maximum Gasteiger partial charge on any atom is 0.336 e. The summed E-state index contributed by atoms with van der Waals surface area (Å²) in [7, 11) is 0. The Morgan fingerprint density at radius 3 is 2.93 bits per heavy atom. The molecule has 1 aliphatic rings. The molecule has 0 radical (unpaired) electrons. The lowest BCUT2D eigenvalue weighted by molar-refractivity contribution is -0.117. The summed E-state index contributed by atoms with van der Waals surface area (Å²) in [6, 6.07) is 14.7. The van der Waals surface area contributed by atoms with Crippen molar-refractivity contribution >= 4 is 22.6 Å². The fourth-order valence-corrected chi connectivity index (χ4v) is 3.32. The second-order valence-corrected chi connectivity index (χ2v) is 6.67. The SMILES string of the molecule is Cc1cc(=O)oc2cc(NC(=O)CN3CCOc4ccccc4C3)ccc12. The van der Waals surface area contributed by atoms with Gasteiger partial charge < -0.3 is 14.5 Å². The van der Waals surface area contributed by atoms with Crippen LogP contribution in [0.4, 0.5) is 5.69 Å². The summed E-state index contributed by atoms with van der Waals surface area (Å²) in [6.07, 6.45) is 0. The normalized spacial score (nSPS) is 14.3. The summed E-state index contributed by atoms with van der Waals surface area (Å²) < 4.78 is 11.0. The van der Waals surface area contributed by atoms with E-state index >= 15 is 0 Å². The van der Waals surface area contributed by atoms with Crippen molar-refractivity contribution in [3.63, 3.8) is 0 Å². The van der Waals surface area contributed by atoms with E-state index in [4.69, 9.17) is 9.15 Å². The minimum atomic E-state index is -0.397. The number of benzene rings is 2. The highest BCUT2D eigenvalue weighted by atomic mass is 16.5. The molecule has 1 N–H and O–H groups in total. The largest absolute Gasteiger partial charge is 0.492 e. The monoisotopic (exact) mass is 364 g/mol. The molecule has 138 valence electrons. The van der Waals surface area contributed by atoms with Crippen LogP contribution in [0.25, 0.3) is 11.0 Å². The molecular formula is C21H20N2O4. The van der Waals surface area contributed by atoms with Crippen molar-refractivity contribution in [2.45, 2.75) is 13.5 Å². The van der Waals surface area contributed by atoms with E-state index in [1.54, 1.807) is 6.07 Å². The third kappa shape index (κ3) is 3.85. The Morgan fingerprint density at radius 2 is 2.04 bits per heavy atom. The molecule has 6 heteroatoms. The lowest BCUT2D eigenvalue weighted by atomic mass is 10.1. The predicted octanol–water partition coefficient (Wildman–Crippen LogP) is 2.93. The molecule has 0 spiro atoms. The van der Waals surface area contributed by atoms with E-state index in [0.29, 0.717) is 31.0 Å². The molecule has 0 unspecified atom stereocenters. The molecule has 0 saturated heterocycles. The quantitative estimate of drug-likeness (QED) is 0.724. The second kappa shape index (κ2) is 7.25. The summed E-state index contributed by atoms with van der Waals surface area (Å²) in [4.78, 5) is 26.1. The lowest BCUT2D eigenvalue weighted by Gasteiger charge is -2.18. The highest BCUT2D eigenvalue weighted by Gasteiger charge is 2.17. The van der Waals surface area contributed by atoms with Crippen LogP contribution in [0, 0.1) is 6.92 Å². The van der Waals surface area contributed by atoms with E-state index in [0.717, 1.165) is 22.3 Å². The van der Waals surface area contributed by atoms with E-state index in [1.165, 1.54) is 6.07 Å². The van der Waals surface area contributed by atoms with Gasteiger partial charge in [-0.2, -0.15) is 0 Å². The molecule has 0 bridgehead atoms. The molecule has 0 atom stereocenters. The van der Waals surface area contributed by atoms with Crippen LogP contribution in [0.1, 0.15) is 11.1 Å². The number of carbonyl (C=O) groups is 1. The Morgan fingerprint density at radius 1 is 1.19 bits per heavy atom. The van der Waals surface area contributed by atoms with Gasteiger partial charge in [0.25, 0.3) is 0 Å². The zero-order chi connectivity index (χ0) is 18.8. The van der Waals surface area contributed by atoms with Crippen molar-refractivity contribution in [3.05, 3.63) is 70.1 Å². The van der Waals surface area contributed by atoms with Gasteiger partial charge in [0.2, 0.25) is 5.91 Å². The molecule has 0 fully saturated rings. The van der Waals surface area contributed by atoms with Crippen LogP contribution in [-0.2, 0) is 11.3 Å². The Hall–Kier alpha value is -3.12. The average Bonchev–Trinajstić information content (AvgIpc) is 2.82. The minimum Gasteiger partial charge on any atom is -0.492 e. The molecule has 1 amide bonds. The number of amides is 1. The summed E-state index contributed by atoms with van der Waals surface area (Å²) in [5.41, 5.74) is 2.60. The smallest absolute Gasteiger partial charge is 0.336 e. The van der Waals surface area contributed by atoms with Gasteiger partial charge in [-0.25, -0.2) is 4.79 Å². The van der Waals surface area contributed by atoms with Gasteiger partial charge in [-0.1, -0.05) is 18.2 Å². The number of fused-ring (bicyclic) bond motifs is 2. The number of hydrogen-bond acceptors (Lipinski definition) is 5. The van der Waals surface area contributed by atoms with Crippen LogP contribution in [0.2, 0.25) is 0 Å². The summed E-state index contributed by atoms with van der Waals surface area (Å²) in [6.45, 7) is 4.00. The fraction of sp³-hybridized carbons (Fsp3) is 0.238. The first-order chi connectivity index (χ1) is 13.1. The Balaban J connectivity index is 1.46. The predicted molar refractivity (Wildman–Crippen MR) is 103 cm³/mol. The number of nitrogens with zero attached hydrogens (tertiary/aromatic N) is 1. The van der Waals surface area contributed by atoms with Gasteiger partial charge >= 0.3 is 5.63 Å². The Labute approximate surface area is 156 Å². The van der Waals surface area contributed by atoms with Crippen LogP contribution >= 0.6 is 0 Å². The maximum atomic E-state index is 12.5. The van der Waals surface area contributed by atoms with Crippen molar-refractivity contribution in [2.24, 2.45) is 0 Å². The molecule has 3 aromatic rings. The lowest BCUT2D eigenvalue weighted by Crippen LogP contribution is -2.34. The number of hydrogen-bond donors (Lipinski definition) is 1. The summed E-state index contributed by atoms with van der Waals surface area (Å²) >= 11 is 0. The van der Waals surface area contributed by atoms with E-state index in [2.05, 4.69) is 5.32 Å². The molecular weight excluding hydrogens is 344 g/mol. The third-order valence-electron chi connectivity index (χ3n) is 4.63. The maximum absolute atomic E-state index is 12.5. The van der Waals surface area contributed by atoms with Gasteiger partial charge in [0, 0.05) is 41.9 Å². The number of anilines is 1. The van der Waals surface area contributed by atoms with Crippen molar-refractivity contribution in [1.29, 1.82) is 0 Å². The Bertz CT molecular complexity index is 1060. The molecule has 0 aliphatic carbocycles. The van der Waals surface area contributed by atoms with Gasteiger partial charge in [-0.05, 0) is 30.7 Å². The van der Waals surface area contributed by atoms with Crippen LogP contribution < -0.4 is 15.7 Å². The number of rotatable bonds is 3. The molecule has 4 rings (SSSR count). The van der Waals surface area contributed by atoms with Gasteiger partial charge in [-0.3, -0.25) is 9.69 Å². The van der Waals surface area contributed by atoms with Crippen LogP contribution in [0.3, 0.4) is 0 Å². The fourth-order valence-electron chi connectivity index (χ4n) is 3.32. The molecule has 1 aromatic heterocycles. The minimum absolute atomic E-state index is 0.122. The van der Waals surface area contributed by atoms with Gasteiger partial charge in [0.15, 0.2) is 0 Å². The van der Waals surface area contributed by atoms with Gasteiger partial charge in [0.1, 0.15) is 17.9 Å². The van der Waals surface area contributed by atoms with Crippen molar-refractivity contribution < 1.29 is 13.9 Å². The van der Waals surface area contributed by atoms with E-state index in [9.17, 15) is 9.59 Å². The number of para-hydroxylation sites is 1. The number of nitrogens with one attached hydrogen (secondary N) is 1. The van der Waals surface area contributed by atoms with E-state index in [1.807, 2.05) is 48.2 Å². The zero-order valence-corrected chi connectivity index (χ0v) is 15.0. The topological polar surface area (TPSA) is 71.8 Å². The summed E-state index contributed by atoms with van der Waals surface area (Å²) in [5.74, 6) is 0.754. The van der Waals surface area contributed by atoms with Gasteiger partial charge in [-0.15, -0.1) is 0 Å². The molecule has 0 saturated carbocycles. The number of carbonyl (C=O) groups excluding carboxylic acids is 1. The number of aryl methyl sites for hydroxylation is 1. The molecule has 2 aromatic carbocycles. The van der Waals surface area contributed by atoms with Crippen LogP contribution in [0.15, 0.2) is 57.7 Å². The van der Waals surface area contributed by atoms with Crippen molar-refractivity contribution in [1.82, 2.24) is 4.90 Å². The first-order valence-electron chi connectivity index (χ1n) is 8.86. The first-order valence-corrected chi connectivity index (χ1v) is 8.86. The second-order valence-electron chi connectivity index (χ2n) is 6.67. The van der Waals surface area contributed by atoms with Crippen LogP contribution in [0.5, 0.6) is 5.75 Å². The third-order valence-corrected chi connectivity index (χ3v) is 4.63. The van der Waals surface area contributed by atoms with E-state index < -0.39 is 5.63 Å². The molecule has 2 heterocycles. The first kappa shape index (κ1) is 17.3. The summed E-state index contributed by atoms with van der Waals surface area (Å²) in [5, 5.41) is 3.74. The molecule has 27 heavy (non-hydrogen) atoms. The van der Waals surface area contributed by atoms with Crippen molar-refractivity contribution in [3.8, 4) is 5.75 Å². The standard InChI is InChI=1S/C21H20N2O4/c1-14-10-21(25)27-19-11-16(6-7-17(14)19)22-20(24)13-23-8-9-26-18-5-3-2-4-15(18)12-23/h2-7,10-11H,8-9,12-13H2,1H3,(H,22,24). The Kier molecular flexibility index (Phi) is 4.64.